The second-order valence-corrected chi connectivity index (χ2v) is 5.71. The lowest BCUT2D eigenvalue weighted by Crippen LogP contribution is -2.17. The number of alkyl halides is 3. The molecular formula is C16H14ClF3N2O. The van der Waals surface area contributed by atoms with Crippen LogP contribution in [0.5, 0.6) is 11.6 Å². The Bertz CT molecular complexity index is 683. The summed E-state index contributed by atoms with van der Waals surface area (Å²) in [5.41, 5.74) is 0.195. The van der Waals surface area contributed by atoms with E-state index in [4.69, 9.17) is 16.3 Å². The minimum atomic E-state index is -4.48. The minimum Gasteiger partial charge on any atom is -0.438 e. The molecule has 0 spiro atoms. The molecule has 0 saturated carbocycles. The summed E-state index contributed by atoms with van der Waals surface area (Å²) < 4.78 is 43.2. The molecule has 3 rings (SSSR count). The number of ether oxygens (including phenoxy) is 1. The maximum absolute atomic E-state index is 12.6. The van der Waals surface area contributed by atoms with Gasteiger partial charge in [-0.1, -0.05) is 11.6 Å². The molecular weight excluding hydrogens is 329 g/mol. The maximum atomic E-state index is 12.6. The Labute approximate surface area is 136 Å². The van der Waals surface area contributed by atoms with Crippen molar-refractivity contribution in [3.8, 4) is 11.6 Å². The summed E-state index contributed by atoms with van der Waals surface area (Å²) in [6, 6.07) is 8.15. The highest BCUT2D eigenvalue weighted by Crippen LogP contribution is 2.35. The van der Waals surface area contributed by atoms with E-state index in [1.54, 1.807) is 12.1 Å². The van der Waals surface area contributed by atoms with Crippen molar-refractivity contribution in [3.63, 3.8) is 0 Å². The number of aromatic nitrogens is 1. The molecule has 1 aliphatic heterocycles. The third-order valence-corrected chi connectivity index (χ3v) is 3.93. The summed E-state index contributed by atoms with van der Waals surface area (Å²) in [5.74, 6) is 0.427. The molecule has 23 heavy (non-hydrogen) atoms. The van der Waals surface area contributed by atoms with Crippen LogP contribution in [-0.2, 0) is 6.18 Å². The van der Waals surface area contributed by atoms with Gasteiger partial charge in [-0.3, -0.25) is 0 Å². The summed E-state index contributed by atoms with van der Waals surface area (Å²) in [6.45, 7) is 2.07. The van der Waals surface area contributed by atoms with Crippen LogP contribution in [0.2, 0.25) is 5.02 Å². The Balaban J connectivity index is 1.74. The first-order valence-electron chi connectivity index (χ1n) is 7.19. The van der Waals surface area contributed by atoms with Crippen molar-refractivity contribution in [1.82, 2.24) is 4.98 Å². The zero-order valence-electron chi connectivity index (χ0n) is 12.1. The molecule has 2 heterocycles. The topological polar surface area (TPSA) is 25.4 Å². The average molecular weight is 343 g/mol. The molecule has 2 aromatic rings. The fourth-order valence-corrected chi connectivity index (χ4v) is 2.67. The van der Waals surface area contributed by atoms with Crippen LogP contribution in [-0.4, -0.2) is 18.1 Å². The van der Waals surface area contributed by atoms with E-state index in [9.17, 15) is 13.2 Å². The number of rotatable bonds is 3. The van der Waals surface area contributed by atoms with Gasteiger partial charge in [0.05, 0.1) is 5.56 Å². The predicted molar refractivity (Wildman–Crippen MR) is 82.2 cm³/mol. The number of halogens is 4. The average Bonchev–Trinajstić information content (AvgIpc) is 3.03. The van der Waals surface area contributed by atoms with Crippen LogP contribution in [0.25, 0.3) is 0 Å². The first kappa shape index (κ1) is 15.9. The van der Waals surface area contributed by atoms with Crippen molar-refractivity contribution in [3.05, 3.63) is 47.1 Å². The Morgan fingerprint density at radius 3 is 2.30 bits per heavy atom. The number of benzene rings is 1. The number of nitrogens with zero attached hydrogens (tertiary/aromatic N) is 2. The van der Waals surface area contributed by atoms with Crippen LogP contribution in [0.15, 0.2) is 36.5 Å². The second-order valence-electron chi connectivity index (χ2n) is 5.30. The van der Waals surface area contributed by atoms with Gasteiger partial charge >= 0.3 is 6.18 Å². The second kappa shape index (κ2) is 6.28. The normalized spacial score (nSPS) is 15.0. The van der Waals surface area contributed by atoms with E-state index < -0.39 is 11.7 Å². The smallest absolute Gasteiger partial charge is 0.417 e. The molecule has 0 aliphatic carbocycles. The summed E-state index contributed by atoms with van der Waals surface area (Å²) in [5, 5.41) is -0.177. The van der Waals surface area contributed by atoms with Gasteiger partial charge in [0.1, 0.15) is 10.8 Å². The maximum Gasteiger partial charge on any atom is 0.417 e. The molecule has 7 heteroatoms. The summed E-state index contributed by atoms with van der Waals surface area (Å²) in [7, 11) is 0. The van der Waals surface area contributed by atoms with Crippen molar-refractivity contribution >= 4 is 17.3 Å². The fraction of sp³-hybridized carbons (Fsp3) is 0.312. The highest BCUT2D eigenvalue weighted by molar-refractivity contribution is 6.31. The van der Waals surface area contributed by atoms with Gasteiger partial charge in [0.2, 0.25) is 5.88 Å². The van der Waals surface area contributed by atoms with Crippen molar-refractivity contribution in [2.45, 2.75) is 19.0 Å². The predicted octanol–water partition coefficient (Wildman–Crippen LogP) is 5.15. The van der Waals surface area contributed by atoms with Crippen LogP contribution < -0.4 is 9.64 Å². The van der Waals surface area contributed by atoms with Crippen LogP contribution in [0, 0.1) is 0 Å². The SMILES string of the molecule is FC(F)(F)c1cnc(Oc2ccc(N3CCCC3)cc2)c(Cl)c1. The third kappa shape index (κ3) is 3.69. The van der Waals surface area contributed by atoms with Gasteiger partial charge in [-0.15, -0.1) is 0 Å². The van der Waals surface area contributed by atoms with Gasteiger partial charge in [0.15, 0.2) is 0 Å². The van der Waals surface area contributed by atoms with Crippen LogP contribution in [0.4, 0.5) is 18.9 Å². The lowest BCUT2D eigenvalue weighted by atomic mass is 10.2. The lowest BCUT2D eigenvalue weighted by Gasteiger charge is -2.17. The van der Waals surface area contributed by atoms with E-state index in [-0.39, 0.29) is 10.9 Å². The van der Waals surface area contributed by atoms with Gasteiger partial charge in [0, 0.05) is 25.0 Å². The number of anilines is 1. The Morgan fingerprint density at radius 1 is 1.09 bits per heavy atom. The van der Waals surface area contributed by atoms with Gasteiger partial charge in [-0.2, -0.15) is 13.2 Å². The number of hydrogen-bond acceptors (Lipinski definition) is 3. The van der Waals surface area contributed by atoms with Crippen LogP contribution >= 0.6 is 11.6 Å². The summed E-state index contributed by atoms with van der Waals surface area (Å²) in [6.07, 6.45) is -1.40. The lowest BCUT2D eigenvalue weighted by molar-refractivity contribution is -0.137. The van der Waals surface area contributed by atoms with E-state index in [1.807, 2.05) is 12.1 Å². The molecule has 1 aromatic carbocycles. The molecule has 0 N–H and O–H groups in total. The molecule has 1 saturated heterocycles. The van der Waals surface area contributed by atoms with Gasteiger partial charge in [0.25, 0.3) is 0 Å². The molecule has 0 amide bonds. The quantitative estimate of drug-likeness (QED) is 0.771. The molecule has 0 bridgehead atoms. The number of hydrogen-bond donors (Lipinski definition) is 0. The van der Waals surface area contributed by atoms with Crippen LogP contribution in [0.3, 0.4) is 0 Å². The van der Waals surface area contributed by atoms with Crippen molar-refractivity contribution < 1.29 is 17.9 Å². The Kier molecular flexibility index (Phi) is 4.35. The van der Waals surface area contributed by atoms with Crippen molar-refractivity contribution in [2.24, 2.45) is 0 Å². The van der Waals surface area contributed by atoms with E-state index >= 15 is 0 Å². The summed E-state index contributed by atoms with van der Waals surface area (Å²) in [4.78, 5) is 5.93. The van der Waals surface area contributed by atoms with Crippen molar-refractivity contribution in [1.29, 1.82) is 0 Å². The van der Waals surface area contributed by atoms with E-state index in [1.165, 1.54) is 12.8 Å². The van der Waals surface area contributed by atoms with E-state index in [0.717, 1.165) is 24.8 Å². The van der Waals surface area contributed by atoms with E-state index in [0.29, 0.717) is 11.9 Å². The molecule has 0 radical (unpaired) electrons. The number of pyridine rings is 1. The molecule has 3 nitrogen and oxygen atoms in total. The summed E-state index contributed by atoms with van der Waals surface area (Å²) >= 11 is 5.82. The molecule has 122 valence electrons. The highest BCUT2D eigenvalue weighted by Gasteiger charge is 2.31. The first-order chi connectivity index (χ1) is 10.9. The molecule has 0 unspecified atom stereocenters. The largest absolute Gasteiger partial charge is 0.438 e. The van der Waals surface area contributed by atoms with Gasteiger partial charge < -0.3 is 9.64 Å². The van der Waals surface area contributed by atoms with Gasteiger partial charge in [-0.05, 0) is 43.2 Å². The molecule has 1 aliphatic rings. The monoisotopic (exact) mass is 342 g/mol. The third-order valence-electron chi connectivity index (χ3n) is 3.66. The van der Waals surface area contributed by atoms with Crippen LogP contribution in [0.1, 0.15) is 18.4 Å². The molecule has 0 atom stereocenters. The van der Waals surface area contributed by atoms with Gasteiger partial charge in [-0.25, -0.2) is 4.98 Å². The minimum absolute atomic E-state index is 0.0476. The zero-order valence-corrected chi connectivity index (χ0v) is 12.9. The van der Waals surface area contributed by atoms with E-state index in [2.05, 4.69) is 9.88 Å². The fourth-order valence-electron chi connectivity index (χ4n) is 2.47. The van der Waals surface area contributed by atoms with Crippen molar-refractivity contribution in [2.75, 3.05) is 18.0 Å². The zero-order chi connectivity index (χ0) is 16.4. The molecule has 1 fully saturated rings. The highest BCUT2D eigenvalue weighted by atomic mass is 35.5. The Morgan fingerprint density at radius 2 is 1.74 bits per heavy atom. The Hall–Kier alpha value is -1.95. The first-order valence-corrected chi connectivity index (χ1v) is 7.57. The standard InChI is InChI=1S/C16H14ClF3N2O/c17-14-9-11(16(18,19)20)10-21-15(14)23-13-5-3-12(4-6-13)22-7-1-2-8-22/h3-6,9-10H,1-2,7-8H2. The molecule has 1 aromatic heterocycles.